The van der Waals surface area contributed by atoms with Crippen LogP contribution in [-0.2, 0) is 9.59 Å². The molecule has 6 heteroatoms. The molecule has 0 unspecified atom stereocenters. The molecular weight excluding hydrogens is 347 g/mol. The third-order valence-electron chi connectivity index (χ3n) is 3.74. The Morgan fingerprint density at radius 3 is 2.12 bits per heavy atom. The van der Waals surface area contributed by atoms with Gasteiger partial charge in [-0.2, -0.15) is 0 Å². The Morgan fingerprint density at radius 2 is 1.54 bits per heavy atom. The van der Waals surface area contributed by atoms with Crippen LogP contribution in [0.25, 0.3) is 0 Å². The van der Waals surface area contributed by atoms with Crippen LogP contribution in [-0.4, -0.2) is 18.4 Å². The summed E-state index contributed by atoms with van der Waals surface area (Å²) in [5.41, 5.74) is 1.42. The maximum Gasteiger partial charge on any atom is 0.283 e. The number of para-hydroxylation sites is 1. The average Bonchev–Trinajstić information content (AvgIpc) is 2.81. The molecule has 0 aliphatic carbocycles. The molecule has 0 aromatic heterocycles. The molecule has 0 saturated heterocycles. The van der Waals surface area contributed by atoms with E-state index in [1.165, 1.54) is 0 Å². The molecule has 0 saturated carbocycles. The normalized spacial score (nSPS) is 14.5. The van der Waals surface area contributed by atoms with Gasteiger partial charge in [-0.1, -0.05) is 41.4 Å². The first-order valence-electron chi connectivity index (χ1n) is 7.41. The number of amides is 2. The Labute approximate surface area is 149 Å². The molecule has 0 bridgehead atoms. The third kappa shape index (κ3) is 2.79. The summed E-state index contributed by atoms with van der Waals surface area (Å²) in [5.74, 6) is -0.980. The molecule has 2 aromatic rings. The number of likely N-dealkylation sites (N-methyl/N-ethyl adjacent to an activating group) is 1. The zero-order valence-corrected chi connectivity index (χ0v) is 14.4. The van der Waals surface area contributed by atoms with Gasteiger partial charge in [0.05, 0.1) is 5.69 Å². The molecule has 0 atom stereocenters. The maximum atomic E-state index is 12.9. The van der Waals surface area contributed by atoms with Crippen molar-refractivity contribution in [2.45, 2.75) is 6.92 Å². The molecule has 2 aromatic carbocycles. The first-order chi connectivity index (χ1) is 11.5. The lowest BCUT2D eigenvalue weighted by atomic mass is 10.2. The highest BCUT2D eigenvalue weighted by atomic mass is 35.5. The largest absolute Gasteiger partial charge is 0.336 e. The molecule has 4 nitrogen and oxygen atoms in total. The number of carbonyl (C=O) groups excluding carboxylic acids is 2. The van der Waals surface area contributed by atoms with Crippen LogP contribution in [0.4, 0.5) is 11.4 Å². The molecule has 122 valence electrons. The lowest BCUT2D eigenvalue weighted by Gasteiger charge is -2.24. The van der Waals surface area contributed by atoms with E-state index in [1.807, 2.05) is 37.3 Å². The van der Waals surface area contributed by atoms with Gasteiger partial charge < -0.3 is 4.90 Å². The van der Waals surface area contributed by atoms with Gasteiger partial charge in [0, 0.05) is 17.3 Å². The highest BCUT2D eigenvalue weighted by Crippen LogP contribution is 2.33. The fourth-order valence-corrected chi connectivity index (χ4v) is 3.02. The topological polar surface area (TPSA) is 40.6 Å². The smallest absolute Gasteiger partial charge is 0.283 e. The summed E-state index contributed by atoms with van der Waals surface area (Å²) >= 11 is 12.1. The van der Waals surface area contributed by atoms with Crippen molar-refractivity contribution >= 4 is 46.4 Å². The standard InChI is InChI=1S/C18H14Cl2N2O2/c1-2-21(13-6-4-3-5-7-13)16-15(20)17(23)22(18(16)24)14-10-8-12(19)9-11-14/h3-11H,2H2,1H3. The summed E-state index contributed by atoms with van der Waals surface area (Å²) < 4.78 is 0. The van der Waals surface area contributed by atoms with Crippen molar-refractivity contribution in [3.8, 4) is 0 Å². The molecular formula is C18H14Cl2N2O2. The van der Waals surface area contributed by atoms with E-state index in [-0.39, 0.29) is 10.7 Å². The van der Waals surface area contributed by atoms with Gasteiger partial charge in [0.1, 0.15) is 10.7 Å². The van der Waals surface area contributed by atoms with Gasteiger partial charge in [-0.25, -0.2) is 4.90 Å². The molecule has 1 aliphatic heterocycles. The summed E-state index contributed by atoms with van der Waals surface area (Å²) in [6.45, 7) is 2.40. The van der Waals surface area contributed by atoms with Crippen molar-refractivity contribution in [1.82, 2.24) is 0 Å². The van der Waals surface area contributed by atoms with Gasteiger partial charge in [-0.15, -0.1) is 0 Å². The zero-order chi connectivity index (χ0) is 17.3. The Morgan fingerprint density at radius 1 is 0.917 bits per heavy atom. The number of carbonyl (C=O) groups is 2. The van der Waals surface area contributed by atoms with E-state index < -0.39 is 11.8 Å². The van der Waals surface area contributed by atoms with Crippen LogP contribution >= 0.6 is 23.2 Å². The molecule has 3 rings (SSSR count). The lowest BCUT2D eigenvalue weighted by molar-refractivity contribution is -0.120. The minimum atomic E-state index is -0.534. The van der Waals surface area contributed by atoms with E-state index >= 15 is 0 Å². The monoisotopic (exact) mass is 360 g/mol. The van der Waals surface area contributed by atoms with Crippen molar-refractivity contribution < 1.29 is 9.59 Å². The van der Waals surface area contributed by atoms with Gasteiger partial charge in [0.15, 0.2) is 0 Å². The second kappa shape index (κ2) is 6.67. The first kappa shape index (κ1) is 16.6. The van der Waals surface area contributed by atoms with Crippen LogP contribution in [0.15, 0.2) is 65.3 Å². The van der Waals surface area contributed by atoms with E-state index in [0.717, 1.165) is 10.6 Å². The molecule has 0 spiro atoms. The minimum Gasteiger partial charge on any atom is -0.336 e. The van der Waals surface area contributed by atoms with Crippen molar-refractivity contribution in [3.05, 3.63) is 70.3 Å². The van der Waals surface area contributed by atoms with Crippen molar-refractivity contribution in [1.29, 1.82) is 0 Å². The van der Waals surface area contributed by atoms with E-state index in [2.05, 4.69) is 0 Å². The highest BCUT2D eigenvalue weighted by molar-refractivity contribution is 6.53. The van der Waals surface area contributed by atoms with Crippen LogP contribution in [0, 0.1) is 0 Å². The van der Waals surface area contributed by atoms with Crippen LogP contribution < -0.4 is 9.80 Å². The van der Waals surface area contributed by atoms with Gasteiger partial charge in [-0.3, -0.25) is 9.59 Å². The molecule has 0 fully saturated rings. The minimum absolute atomic E-state index is 0.0827. The SMILES string of the molecule is CCN(C1=C(Cl)C(=O)N(c2ccc(Cl)cc2)C1=O)c1ccccc1. The predicted molar refractivity (Wildman–Crippen MR) is 96.3 cm³/mol. The Kier molecular flexibility index (Phi) is 4.60. The lowest BCUT2D eigenvalue weighted by Crippen LogP contribution is -2.35. The quantitative estimate of drug-likeness (QED) is 0.767. The fourth-order valence-electron chi connectivity index (χ4n) is 2.63. The number of halogens is 2. The van der Waals surface area contributed by atoms with Crippen molar-refractivity contribution in [2.24, 2.45) is 0 Å². The zero-order valence-electron chi connectivity index (χ0n) is 12.9. The molecule has 24 heavy (non-hydrogen) atoms. The molecule has 0 radical (unpaired) electrons. The Hall–Kier alpha value is -2.30. The molecule has 0 N–H and O–H groups in total. The van der Waals surface area contributed by atoms with E-state index in [0.29, 0.717) is 17.3 Å². The highest BCUT2D eigenvalue weighted by Gasteiger charge is 2.41. The third-order valence-corrected chi connectivity index (χ3v) is 4.34. The number of anilines is 2. The number of nitrogens with zero attached hydrogens (tertiary/aromatic N) is 2. The number of hydrogen-bond acceptors (Lipinski definition) is 3. The van der Waals surface area contributed by atoms with Crippen LogP contribution in [0.2, 0.25) is 5.02 Å². The number of rotatable bonds is 4. The molecule has 1 aliphatic rings. The summed E-state index contributed by atoms with van der Waals surface area (Å²) in [4.78, 5) is 28.2. The van der Waals surface area contributed by atoms with Gasteiger partial charge in [0.2, 0.25) is 0 Å². The van der Waals surface area contributed by atoms with Crippen LogP contribution in [0.1, 0.15) is 6.92 Å². The van der Waals surface area contributed by atoms with Gasteiger partial charge in [0.25, 0.3) is 11.8 Å². The van der Waals surface area contributed by atoms with Gasteiger partial charge >= 0.3 is 0 Å². The second-order valence-corrected chi connectivity index (χ2v) is 5.98. The summed E-state index contributed by atoms with van der Waals surface area (Å²) in [5, 5.41) is 0.442. The Balaban J connectivity index is 2.01. The number of imide groups is 1. The van der Waals surface area contributed by atoms with E-state index in [4.69, 9.17) is 23.2 Å². The molecule has 2 amide bonds. The predicted octanol–water partition coefficient (Wildman–Crippen LogP) is 4.19. The summed E-state index contributed by atoms with van der Waals surface area (Å²) in [7, 11) is 0. The summed E-state index contributed by atoms with van der Waals surface area (Å²) in [6, 6.07) is 15.8. The fraction of sp³-hybridized carbons (Fsp3) is 0.111. The molecule has 1 heterocycles. The number of benzene rings is 2. The van der Waals surface area contributed by atoms with Crippen LogP contribution in [0.3, 0.4) is 0 Å². The summed E-state index contributed by atoms with van der Waals surface area (Å²) in [6.07, 6.45) is 0. The maximum absolute atomic E-state index is 12.9. The van der Waals surface area contributed by atoms with Gasteiger partial charge in [-0.05, 0) is 43.3 Å². The van der Waals surface area contributed by atoms with E-state index in [9.17, 15) is 9.59 Å². The van der Waals surface area contributed by atoms with Crippen LogP contribution in [0.5, 0.6) is 0 Å². The van der Waals surface area contributed by atoms with Crippen molar-refractivity contribution in [3.63, 3.8) is 0 Å². The van der Waals surface area contributed by atoms with E-state index in [1.54, 1.807) is 29.2 Å². The Bertz CT molecular complexity index is 817. The first-order valence-corrected chi connectivity index (χ1v) is 8.17. The number of hydrogen-bond donors (Lipinski definition) is 0. The average molecular weight is 361 g/mol. The van der Waals surface area contributed by atoms with Crippen molar-refractivity contribution in [2.75, 3.05) is 16.3 Å². The second-order valence-electron chi connectivity index (χ2n) is 5.16.